The van der Waals surface area contributed by atoms with Crippen LogP contribution in [-0.4, -0.2) is 33.6 Å². The van der Waals surface area contributed by atoms with Crippen LogP contribution in [0.4, 0.5) is 0 Å². The average Bonchev–Trinajstić information content (AvgIpc) is 2.87. The van der Waals surface area contributed by atoms with E-state index in [4.69, 9.17) is 4.52 Å². The molecule has 2 heterocycles. The molecule has 0 aromatic carbocycles. The molecule has 1 aromatic rings. The van der Waals surface area contributed by atoms with Crippen molar-refractivity contribution in [2.75, 3.05) is 12.3 Å². The van der Waals surface area contributed by atoms with Crippen molar-refractivity contribution in [3.63, 3.8) is 0 Å². The molecular formula is C10H17N3O2S. The lowest BCUT2D eigenvalue weighted by Gasteiger charge is -2.01. The molecule has 2 atom stereocenters. The lowest BCUT2D eigenvalue weighted by atomic mass is 10.2. The number of thioether (sulfide) groups is 1. The number of aromatic nitrogens is 2. The van der Waals surface area contributed by atoms with Gasteiger partial charge < -0.3 is 14.9 Å². The molecule has 0 bridgehead atoms. The minimum atomic E-state index is -0.296. The fourth-order valence-corrected chi connectivity index (χ4v) is 2.41. The second-order valence-electron chi connectivity index (χ2n) is 3.95. The van der Waals surface area contributed by atoms with Crippen LogP contribution in [0, 0.1) is 0 Å². The first kappa shape index (κ1) is 11.9. The van der Waals surface area contributed by atoms with Crippen LogP contribution in [0.5, 0.6) is 0 Å². The van der Waals surface area contributed by atoms with Crippen LogP contribution in [-0.2, 0) is 5.75 Å². The van der Waals surface area contributed by atoms with E-state index in [1.807, 2.05) is 11.8 Å². The smallest absolute Gasteiger partial charge is 0.243 e. The number of nitrogens with one attached hydrogen (secondary N) is 1. The van der Waals surface area contributed by atoms with Crippen molar-refractivity contribution in [2.45, 2.75) is 37.7 Å². The van der Waals surface area contributed by atoms with Gasteiger partial charge in [-0.1, -0.05) is 12.1 Å². The van der Waals surface area contributed by atoms with Gasteiger partial charge in [-0.25, -0.2) is 0 Å². The van der Waals surface area contributed by atoms with Gasteiger partial charge in [0.15, 0.2) is 5.82 Å². The molecule has 0 aliphatic carbocycles. The molecule has 1 aliphatic heterocycles. The summed E-state index contributed by atoms with van der Waals surface area (Å²) in [4.78, 5) is 4.33. The van der Waals surface area contributed by atoms with Gasteiger partial charge in [0.1, 0.15) is 0 Å². The Balaban J connectivity index is 1.87. The molecule has 16 heavy (non-hydrogen) atoms. The predicted molar refractivity (Wildman–Crippen MR) is 62.1 cm³/mol. The van der Waals surface area contributed by atoms with Crippen LogP contribution in [0.2, 0.25) is 0 Å². The maximum Gasteiger partial charge on any atom is 0.243 e. The van der Waals surface area contributed by atoms with E-state index in [0.29, 0.717) is 18.9 Å². The van der Waals surface area contributed by atoms with Crippen LogP contribution in [0.3, 0.4) is 0 Å². The minimum absolute atomic E-state index is 0.0208. The first-order chi connectivity index (χ1) is 7.79. The molecular weight excluding hydrogens is 226 g/mol. The van der Waals surface area contributed by atoms with Crippen molar-refractivity contribution in [1.29, 1.82) is 0 Å². The quantitative estimate of drug-likeness (QED) is 0.755. The van der Waals surface area contributed by atoms with Crippen LogP contribution in [0.1, 0.15) is 37.5 Å². The van der Waals surface area contributed by atoms with E-state index >= 15 is 0 Å². The van der Waals surface area contributed by atoms with Gasteiger partial charge in [0, 0.05) is 6.54 Å². The van der Waals surface area contributed by atoms with Gasteiger partial charge in [-0.15, -0.1) is 0 Å². The SMILES string of the molecule is CCCSCc1noc(C2CC(O)CN2)n1. The molecule has 0 saturated carbocycles. The van der Waals surface area contributed by atoms with Crippen LogP contribution in [0.25, 0.3) is 0 Å². The summed E-state index contributed by atoms with van der Waals surface area (Å²) in [6.45, 7) is 2.76. The highest BCUT2D eigenvalue weighted by Gasteiger charge is 2.27. The average molecular weight is 243 g/mol. The molecule has 0 radical (unpaired) electrons. The zero-order chi connectivity index (χ0) is 11.4. The summed E-state index contributed by atoms with van der Waals surface area (Å²) in [6.07, 6.45) is 1.52. The van der Waals surface area contributed by atoms with E-state index in [1.54, 1.807) is 0 Å². The van der Waals surface area contributed by atoms with Gasteiger partial charge in [-0.05, 0) is 18.6 Å². The van der Waals surface area contributed by atoms with Crippen LogP contribution >= 0.6 is 11.8 Å². The zero-order valence-corrected chi connectivity index (χ0v) is 10.2. The Morgan fingerprint density at radius 1 is 1.62 bits per heavy atom. The third-order valence-electron chi connectivity index (χ3n) is 2.47. The Morgan fingerprint density at radius 3 is 3.19 bits per heavy atom. The van der Waals surface area contributed by atoms with E-state index in [2.05, 4.69) is 22.4 Å². The molecule has 6 heteroatoms. The number of aliphatic hydroxyl groups is 1. The summed E-state index contributed by atoms with van der Waals surface area (Å²) >= 11 is 1.81. The van der Waals surface area contributed by atoms with E-state index in [-0.39, 0.29) is 12.1 Å². The minimum Gasteiger partial charge on any atom is -0.392 e. The lowest BCUT2D eigenvalue weighted by molar-refractivity contribution is 0.191. The second-order valence-corrected chi connectivity index (χ2v) is 5.06. The van der Waals surface area contributed by atoms with Crippen molar-refractivity contribution < 1.29 is 9.63 Å². The lowest BCUT2D eigenvalue weighted by Crippen LogP contribution is -2.15. The maximum absolute atomic E-state index is 9.38. The van der Waals surface area contributed by atoms with Gasteiger partial charge in [0.2, 0.25) is 5.89 Å². The number of β-amino-alcohol motifs (C(OH)–C–C–N with tert-alkyl or cyclic N) is 1. The van der Waals surface area contributed by atoms with Crippen molar-refractivity contribution in [3.05, 3.63) is 11.7 Å². The third kappa shape index (κ3) is 2.96. The van der Waals surface area contributed by atoms with Gasteiger partial charge in [-0.3, -0.25) is 0 Å². The van der Waals surface area contributed by atoms with E-state index in [1.165, 1.54) is 0 Å². The number of hydrogen-bond donors (Lipinski definition) is 2. The fraction of sp³-hybridized carbons (Fsp3) is 0.800. The van der Waals surface area contributed by atoms with E-state index < -0.39 is 0 Å². The number of rotatable bonds is 5. The summed E-state index contributed by atoms with van der Waals surface area (Å²) < 4.78 is 5.18. The summed E-state index contributed by atoms with van der Waals surface area (Å²) in [6, 6.07) is 0.0208. The van der Waals surface area contributed by atoms with Gasteiger partial charge in [0.25, 0.3) is 0 Å². The van der Waals surface area contributed by atoms with Gasteiger partial charge >= 0.3 is 0 Å². The topological polar surface area (TPSA) is 71.2 Å². The third-order valence-corrected chi connectivity index (χ3v) is 3.63. The standard InChI is InChI=1S/C10H17N3O2S/c1-2-3-16-6-9-12-10(15-13-9)8-4-7(14)5-11-8/h7-8,11,14H,2-6H2,1H3. The number of nitrogens with zero attached hydrogens (tertiary/aromatic N) is 2. The highest BCUT2D eigenvalue weighted by molar-refractivity contribution is 7.98. The van der Waals surface area contributed by atoms with Crippen molar-refractivity contribution >= 4 is 11.8 Å². The largest absolute Gasteiger partial charge is 0.392 e. The molecule has 1 saturated heterocycles. The number of aliphatic hydroxyl groups excluding tert-OH is 1. The molecule has 2 N–H and O–H groups in total. The summed E-state index contributed by atoms with van der Waals surface area (Å²) in [5.74, 6) is 3.26. The number of hydrogen-bond acceptors (Lipinski definition) is 6. The first-order valence-electron chi connectivity index (χ1n) is 5.61. The zero-order valence-electron chi connectivity index (χ0n) is 9.35. The second kappa shape index (κ2) is 5.65. The maximum atomic E-state index is 9.38. The first-order valence-corrected chi connectivity index (χ1v) is 6.76. The van der Waals surface area contributed by atoms with E-state index in [0.717, 1.165) is 23.8 Å². The van der Waals surface area contributed by atoms with Gasteiger partial charge in [-0.2, -0.15) is 16.7 Å². The highest BCUT2D eigenvalue weighted by Crippen LogP contribution is 2.22. The van der Waals surface area contributed by atoms with Crippen LogP contribution in [0.15, 0.2) is 4.52 Å². The fourth-order valence-electron chi connectivity index (χ4n) is 1.68. The molecule has 5 nitrogen and oxygen atoms in total. The van der Waals surface area contributed by atoms with Gasteiger partial charge in [0.05, 0.1) is 17.9 Å². The Hall–Kier alpha value is -0.590. The predicted octanol–water partition coefficient (Wildman–Crippen LogP) is 1.11. The molecule has 1 aliphatic rings. The molecule has 1 fully saturated rings. The summed E-state index contributed by atoms with van der Waals surface area (Å²) in [7, 11) is 0. The van der Waals surface area contributed by atoms with Crippen molar-refractivity contribution in [1.82, 2.24) is 15.5 Å². The normalized spacial score (nSPS) is 25.1. The van der Waals surface area contributed by atoms with Crippen molar-refractivity contribution in [2.24, 2.45) is 0 Å². The molecule has 0 spiro atoms. The van der Waals surface area contributed by atoms with Crippen molar-refractivity contribution in [3.8, 4) is 0 Å². The summed E-state index contributed by atoms with van der Waals surface area (Å²) in [5.41, 5.74) is 0. The molecule has 2 unspecified atom stereocenters. The monoisotopic (exact) mass is 243 g/mol. The Labute approximate surface area is 99.0 Å². The molecule has 1 aromatic heterocycles. The Kier molecular flexibility index (Phi) is 4.20. The van der Waals surface area contributed by atoms with Crippen LogP contribution < -0.4 is 5.32 Å². The summed E-state index contributed by atoms with van der Waals surface area (Å²) in [5, 5.41) is 16.5. The molecule has 90 valence electrons. The Bertz CT molecular complexity index is 332. The Morgan fingerprint density at radius 2 is 2.50 bits per heavy atom. The van der Waals surface area contributed by atoms with E-state index in [9.17, 15) is 5.11 Å². The molecule has 2 rings (SSSR count). The molecule has 0 amide bonds. The highest BCUT2D eigenvalue weighted by atomic mass is 32.2.